The number of methoxy groups -OCH3 is 1. The number of carbonyl (C=O) groups excluding carboxylic acids is 1. The number of benzene rings is 2. The lowest BCUT2D eigenvalue weighted by Crippen LogP contribution is -2.26. The number of nitrogens with one attached hydrogen (secondary N) is 1. The molecule has 0 aliphatic rings. The summed E-state index contributed by atoms with van der Waals surface area (Å²) in [5.41, 5.74) is 1.29. The molecule has 0 aliphatic heterocycles. The molecule has 3 aromatic rings. The molecule has 2 aromatic carbocycles. The molecule has 0 fully saturated rings. The molecule has 0 saturated carbocycles. The van der Waals surface area contributed by atoms with Gasteiger partial charge in [0.2, 0.25) is 0 Å². The van der Waals surface area contributed by atoms with Gasteiger partial charge in [-0.15, -0.1) is 0 Å². The van der Waals surface area contributed by atoms with Crippen LogP contribution in [0.15, 0.2) is 59.4 Å². The Morgan fingerprint density at radius 3 is 2.50 bits per heavy atom. The predicted molar refractivity (Wildman–Crippen MR) is 95.5 cm³/mol. The second-order valence-corrected chi connectivity index (χ2v) is 5.56. The Hall–Kier alpha value is -3.48. The van der Waals surface area contributed by atoms with Crippen LogP contribution in [0.1, 0.15) is 16.1 Å². The number of aryl methyl sites for hydroxylation is 1. The van der Waals surface area contributed by atoms with Crippen LogP contribution in [-0.4, -0.2) is 22.8 Å². The fourth-order valence-corrected chi connectivity index (χ4v) is 2.42. The molecule has 0 bridgehead atoms. The second-order valence-electron chi connectivity index (χ2n) is 5.56. The zero-order valence-corrected chi connectivity index (χ0v) is 14.2. The van der Waals surface area contributed by atoms with Crippen LogP contribution < -0.4 is 15.6 Å². The smallest absolute Gasteiger partial charge is 0.280 e. The quantitative estimate of drug-likeness (QED) is 0.783. The van der Waals surface area contributed by atoms with Crippen molar-refractivity contribution in [3.63, 3.8) is 0 Å². The minimum atomic E-state index is -0.521. The number of amides is 1. The third kappa shape index (κ3) is 3.46. The van der Waals surface area contributed by atoms with Gasteiger partial charge in [0.15, 0.2) is 11.4 Å². The number of aromatic nitrogens is 2. The third-order valence-corrected chi connectivity index (χ3v) is 3.80. The zero-order valence-electron chi connectivity index (χ0n) is 14.2. The van der Waals surface area contributed by atoms with E-state index < -0.39 is 17.3 Å². The standard InChI is InChI=1S/C19H16FN3O3/c1-12-5-3-4-6-15(12)21-19(25)18-16(26-2)11-17(24)23(22-18)14-9-7-13(20)8-10-14/h3-11H,1-2H3,(H,21,25). The van der Waals surface area contributed by atoms with Gasteiger partial charge in [0, 0.05) is 5.69 Å². The molecule has 0 saturated heterocycles. The highest BCUT2D eigenvalue weighted by atomic mass is 19.1. The zero-order chi connectivity index (χ0) is 18.7. The van der Waals surface area contributed by atoms with Gasteiger partial charge in [-0.05, 0) is 42.8 Å². The van der Waals surface area contributed by atoms with Gasteiger partial charge in [0.25, 0.3) is 11.5 Å². The summed E-state index contributed by atoms with van der Waals surface area (Å²) in [6.07, 6.45) is 0. The highest BCUT2D eigenvalue weighted by Gasteiger charge is 2.18. The molecule has 1 heterocycles. The summed E-state index contributed by atoms with van der Waals surface area (Å²) in [4.78, 5) is 24.9. The van der Waals surface area contributed by atoms with Crippen molar-refractivity contribution < 1.29 is 13.9 Å². The number of hydrogen-bond donors (Lipinski definition) is 1. The van der Waals surface area contributed by atoms with Crippen LogP contribution in [0.4, 0.5) is 10.1 Å². The van der Waals surface area contributed by atoms with Gasteiger partial charge in [0.1, 0.15) is 5.82 Å². The lowest BCUT2D eigenvalue weighted by atomic mass is 10.2. The Bertz CT molecular complexity index is 1010. The van der Waals surface area contributed by atoms with Crippen molar-refractivity contribution in [2.24, 2.45) is 0 Å². The molecule has 3 rings (SSSR count). The number of ether oxygens (including phenoxy) is 1. The van der Waals surface area contributed by atoms with Crippen molar-refractivity contribution in [3.05, 3.63) is 82.0 Å². The Balaban J connectivity index is 2.04. The first-order valence-electron chi connectivity index (χ1n) is 7.81. The molecule has 0 radical (unpaired) electrons. The first kappa shape index (κ1) is 17.3. The van der Waals surface area contributed by atoms with Crippen LogP contribution in [0.25, 0.3) is 5.69 Å². The monoisotopic (exact) mass is 353 g/mol. The normalized spacial score (nSPS) is 10.4. The van der Waals surface area contributed by atoms with Crippen LogP contribution in [0.5, 0.6) is 5.75 Å². The maximum atomic E-state index is 13.1. The SMILES string of the molecule is COc1cc(=O)n(-c2ccc(F)cc2)nc1C(=O)Nc1ccccc1C. The summed E-state index contributed by atoms with van der Waals surface area (Å²) in [7, 11) is 1.35. The number of anilines is 1. The van der Waals surface area contributed by atoms with Crippen LogP contribution in [0.2, 0.25) is 0 Å². The topological polar surface area (TPSA) is 73.2 Å². The molecule has 0 spiro atoms. The van der Waals surface area contributed by atoms with Gasteiger partial charge in [-0.1, -0.05) is 18.2 Å². The number of carbonyl (C=O) groups is 1. The van der Waals surface area contributed by atoms with Crippen LogP contribution in [0.3, 0.4) is 0 Å². The second kappa shape index (κ2) is 7.18. The van der Waals surface area contributed by atoms with Crippen molar-refractivity contribution in [3.8, 4) is 11.4 Å². The highest BCUT2D eigenvalue weighted by molar-refractivity contribution is 6.05. The first-order valence-corrected chi connectivity index (χ1v) is 7.81. The summed E-state index contributed by atoms with van der Waals surface area (Å²) in [6.45, 7) is 1.86. The highest BCUT2D eigenvalue weighted by Crippen LogP contribution is 2.19. The summed E-state index contributed by atoms with van der Waals surface area (Å²) >= 11 is 0. The van der Waals surface area contributed by atoms with Crippen LogP contribution in [0, 0.1) is 12.7 Å². The fourth-order valence-electron chi connectivity index (χ4n) is 2.42. The Kier molecular flexibility index (Phi) is 4.79. The van der Waals surface area contributed by atoms with E-state index in [-0.39, 0.29) is 11.4 Å². The molecule has 7 heteroatoms. The number of halogens is 1. The van der Waals surface area contributed by atoms with Gasteiger partial charge in [-0.3, -0.25) is 9.59 Å². The fraction of sp³-hybridized carbons (Fsp3) is 0.105. The van der Waals surface area contributed by atoms with E-state index in [1.807, 2.05) is 19.1 Å². The van der Waals surface area contributed by atoms with E-state index in [9.17, 15) is 14.0 Å². The summed E-state index contributed by atoms with van der Waals surface area (Å²) in [6, 6.07) is 13.7. The molecule has 6 nitrogen and oxygen atoms in total. The summed E-state index contributed by atoms with van der Waals surface area (Å²) in [5, 5.41) is 6.87. The van der Waals surface area contributed by atoms with Crippen molar-refractivity contribution in [2.75, 3.05) is 12.4 Å². The average Bonchev–Trinajstić information content (AvgIpc) is 2.64. The number of nitrogens with zero attached hydrogens (tertiary/aromatic N) is 2. The van der Waals surface area contributed by atoms with Crippen molar-refractivity contribution in [1.82, 2.24) is 9.78 Å². The lowest BCUT2D eigenvalue weighted by Gasteiger charge is -2.12. The van der Waals surface area contributed by atoms with E-state index >= 15 is 0 Å². The van der Waals surface area contributed by atoms with Gasteiger partial charge in [0.05, 0.1) is 18.9 Å². The molecule has 132 valence electrons. The van der Waals surface area contributed by atoms with E-state index in [1.54, 1.807) is 12.1 Å². The van der Waals surface area contributed by atoms with Crippen LogP contribution in [-0.2, 0) is 0 Å². The van der Waals surface area contributed by atoms with Crippen molar-refractivity contribution >= 4 is 11.6 Å². The van der Waals surface area contributed by atoms with Crippen LogP contribution >= 0.6 is 0 Å². The molecular formula is C19H16FN3O3. The predicted octanol–water partition coefficient (Wildman–Crippen LogP) is 2.94. The minimum Gasteiger partial charge on any atom is -0.494 e. The molecule has 0 aliphatic carbocycles. The van der Waals surface area contributed by atoms with Gasteiger partial charge < -0.3 is 10.1 Å². The number of para-hydroxylation sites is 1. The minimum absolute atomic E-state index is 0.0550. The van der Waals surface area contributed by atoms with Gasteiger partial charge in [-0.2, -0.15) is 9.78 Å². The molecule has 26 heavy (non-hydrogen) atoms. The average molecular weight is 353 g/mol. The Morgan fingerprint density at radius 2 is 1.85 bits per heavy atom. The third-order valence-electron chi connectivity index (χ3n) is 3.80. The number of rotatable bonds is 4. The van der Waals surface area contributed by atoms with E-state index in [1.165, 1.54) is 37.4 Å². The van der Waals surface area contributed by atoms with Crippen molar-refractivity contribution in [2.45, 2.75) is 6.92 Å². The maximum Gasteiger partial charge on any atom is 0.280 e. The van der Waals surface area contributed by atoms with Gasteiger partial charge >= 0.3 is 0 Å². The molecule has 1 N–H and O–H groups in total. The Morgan fingerprint density at radius 1 is 1.15 bits per heavy atom. The number of hydrogen-bond acceptors (Lipinski definition) is 4. The van der Waals surface area contributed by atoms with E-state index in [2.05, 4.69) is 10.4 Å². The molecule has 1 aromatic heterocycles. The first-order chi connectivity index (χ1) is 12.5. The van der Waals surface area contributed by atoms with E-state index in [4.69, 9.17) is 4.74 Å². The van der Waals surface area contributed by atoms with E-state index in [0.717, 1.165) is 10.2 Å². The molecule has 0 atom stereocenters. The molecule has 0 unspecified atom stereocenters. The Labute approximate surface area is 148 Å². The summed E-state index contributed by atoms with van der Waals surface area (Å²) < 4.78 is 19.3. The summed E-state index contributed by atoms with van der Waals surface area (Å²) in [5.74, 6) is -0.903. The van der Waals surface area contributed by atoms with Gasteiger partial charge in [-0.25, -0.2) is 4.39 Å². The molecular weight excluding hydrogens is 337 g/mol. The maximum absolute atomic E-state index is 13.1. The van der Waals surface area contributed by atoms with Crippen molar-refractivity contribution in [1.29, 1.82) is 0 Å². The lowest BCUT2D eigenvalue weighted by molar-refractivity contribution is 0.101. The largest absolute Gasteiger partial charge is 0.494 e. The molecule has 1 amide bonds. The van der Waals surface area contributed by atoms with E-state index in [0.29, 0.717) is 11.4 Å².